The van der Waals surface area contributed by atoms with Gasteiger partial charge >= 0.3 is 0 Å². The van der Waals surface area contributed by atoms with Crippen LogP contribution in [0.25, 0.3) is 0 Å². The highest BCUT2D eigenvalue weighted by molar-refractivity contribution is 7.89. The van der Waals surface area contributed by atoms with Crippen molar-refractivity contribution < 1.29 is 17.9 Å². The van der Waals surface area contributed by atoms with Crippen molar-refractivity contribution >= 4 is 15.9 Å². The second kappa shape index (κ2) is 6.85. The lowest BCUT2D eigenvalue weighted by Gasteiger charge is -2.31. The zero-order chi connectivity index (χ0) is 17.3. The zero-order valence-corrected chi connectivity index (χ0v) is 15.1. The van der Waals surface area contributed by atoms with Crippen LogP contribution in [0, 0.1) is 5.92 Å². The fraction of sp³-hybridized carbons (Fsp3) is 0.688. The minimum atomic E-state index is -3.58. The largest absolute Gasteiger partial charge is 0.379 e. The first-order valence-corrected chi connectivity index (χ1v) is 9.87. The number of hydrogen-bond donors (Lipinski definition) is 0. The highest BCUT2D eigenvalue weighted by atomic mass is 32.2. The normalized spacial score (nSPS) is 23.4. The number of morpholine rings is 1. The molecule has 0 spiro atoms. The number of aryl methyl sites for hydroxylation is 1. The maximum Gasteiger partial charge on any atom is 0.270 e. The molecule has 0 N–H and O–H groups in total. The molecule has 2 saturated heterocycles. The maximum atomic E-state index is 12.8. The van der Waals surface area contributed by atoms with Gasteiger partial charge in [-0.05, 0) is 24.8 Å². The molecule has 2 aliphatic heterocycles. The molecule has 1 unspecified atom stereocenters. The molecule has 0 aliphatic carbocycles. The smallest absolute Gasteiger partial charge is 0.270 e. The van der Waals surface area contributed by atoms with Crippen LogP contribution in [0.15, 0.2) is 17.2 Å². The van der Waals surface area contributed by atoms with E-state index in [1.807, 2.05) is 4.90 Å². The molecule has 1 aromatic heterocycles. The van der Waals surface area contributed by atoms with Crippen LogP contribution in [0.4, 0.5) is 0 Å². The number of nitrogens with zero attached hydrogens (tertiary/aromatic N) is 3. The molecule has 0 radical (unpaired) electrons. The lowest BCUT2D eigenvalue weighted by molar-refractivity contribution is 0.0673. The number of likely N-dealkylation sites (tertiary alicyclic amines) is 1. The van der Waals surface area contributed by atoms with Gasteiger partial charge < -0.3 is 14.2 Å². The van der Waals surface area contributed by atoms with Crippen LogP contribution in [-0.4, -0.2) is 67.5 Å². The first-order valence-electron chi connectivity index (χ1n) is 8.43. The number of carbonyl (C=O) groups is 1. The van der Waals surface area contributed by atoms with E-state index in [1.165, 1.54) is 16.6 Å². The molecule has 8 heteroatoms. The quantitative estimate of drug-likeness (QED) is 0.808. The second-order valence-electron chi connectivity index (χ2n) is 6.69. The summed E-state index contributed by atoms with van der Waals surface area (Å²) in [4.78, 5) is 14.8. The third-order valence-electron chi connectivity index (χ3n) is 4.75. The molecule has 0 saturated carbocycles. The van der Waals surface area contributed by atoms with E-state index in [0.29, 0.717) is 37.9 Å². The summed E-state index contributed by atoms with van der Waals surface area (Å²) in [5, 5.41) is 0. The lowest BCUT2D eigenvalue weighted by atomic mass is 10.00. The van der Waals surface area contributed by atoms with Crippen LogP contribution < -0.4 is 0 Å². The van der Waals surface area contributed by atoms with Crippen LogP contribution in [0.5, 0.6) is 0 Å². The van der Waals surface area contributed by atoms with Gasteiger partial charge in [0.1, 0.15) is 10.6 Å². The Balaban J connectivity index is 1.83. The van der Waals surface area contributed by atoms with Gasteiger partial charge in [0.2, 0.25) is 10.0 Å². The van der Waals surface area contributed by atoms with E-state index in [1.54, 1.807) is 11.6 Å². The summed E-state index contributed by atoms with van der Waals surface area (Å²) in [5.41, 5.74) is 0.427. The molecule has 2 fully saturated rings. The minimum absolute atomic E-state index is 0.0903. The molecule has 7 nitrogen and oxygen atoms in total. The fourth-order valence-electron chi connectivity index (χ4n) is 3.36. The zero-order valence-electron chi connectivity index (χ0n) is 14.3. The van der Waals surface area contributed by atoms with Gasteiger partial charge in [-0.15, -0.1) is 0 Å². The number of rotatable bonds is 3. The van der Waals surface area contributed by atoms with Gasteiger partial charge in [-0.25, -0.2) is 8.42 Å². The molecule has 1 aromatic rings. The maximum absolute atomic E-state index is 12.8. The van der Waals surface area contributed by atoms with Crippen molar-refractivity contribution in [2.24, 2.45) is 13.0 Å². The predicted octanol–water partition coefficient (Wildman–Crippen LogP) is 0.918. The number of hydrogen-bond acceptors (Lipinski definition) is 4. The lowest BCUT2D eigenvalue weighted by Crippen LogP contribution is -2.40. The molecular formula is C16H25N3O4S. The molecule has 134 valence electrons. The Hall–Kier alpha value is -1.38. The number of carbonyl (C=O) groups excluding carboxylic acids is 1. The Morgan fingerprint density at radius 2 is 1.96 bits per heavy atom. The standard InChI is InChI=1S/C16H25N3O4S/c1-13-4-3-5-18(11-13)16(20)15-10-14(12-17(15)2)24(21,22)19-6-8-23-9-7-19/h10,12-13H,3-9,11H2,1-2H3. The van der Waals surface area contributed by atoms with E-state index in [9.17, 15) is 13.2 Å². The molecule has 3 heterocycles. The average Bonchev–Trinajstić information content (AvgIpc) is 2.97. The third-order valence-corrected chi connectivity index (χ3v) is 6.61. The second-order valence-corrected chi connectivity index (χ2v) is 8.62. The molecular weight excluding hydrogens is 330 g/mol. The summed E-state index contributed by atoms with van der Waals surface area (Å²) < 4.78 is 33.7. The number of amides is 1. The first-order chi connectivity index (χ1) is 11.4. The van der Waals surface area contributed by atoms with Crippen LogP contribution in [-0.2, 0) is 21.8 Å². The highest BCUT2D eigenvalue weighted by Gasteiger charge is 2.30. The molecule has 0 bridgehead atoms. The third kappa shape index (κ3) is 3.36. The van der Waals surface area contributed by atoms with Crippen molar-refractivity contribution in [2.45, 2.75) is 24.7 Å². The molecule has 3 rings (SSSR count). The van der Waals surface area contributed by atoms with Crippen molar-refractivity contribution in [3.05, 3.63) is 18.0 Å². The van der Waals surface area contributed by atoms with Gasteiger partial charge in [-0.3, -0.25) is 4.79 Å². The molecule has 0 aromatic carbocycles. The van der Waals surface area contributed by atoms with Crippen molar-refractivity contribution in [3.63, 3.8) is 0 Å². The van der Waals surface area contributed by atoms with Crippen molar-refractivity contribution in [1.82, 2.24) is 13.8 Å². The van der Waals surface area contributed by atoms with Gasteiger partial charge in [0.05, 0.1) is 13.2 Å². The van der Waals surface area contributed by atoms with Crippen LogP contribution in [0.1, 0.15) is 30.3 Å². The summed E-state index contributed by atoms with van der Waals surface area (Å²) in [6.45, 7) is 5.12. The van der Waals surface area contributed by atoms with Gasteiger partial charge in [0.15, 0.2) is 0 Å². The Morgan fingerprint density at radius 3 is 2.62 bits per heavy atom. The topological polar surface area (TPSA) is 71.8 Å². The summed E-state index contributed by atoms with van der Waals surface area (Å²) in [5.74, 6) is 0.395. The molecule has 24 heavy (non-hydrogen) atoms. The number of piperidine rings is 1. The van der Waals surface area contributed by atoms with Crippen molar-refractivity contribution in [2.75, 3.05) is 39.4 Å². The number of aromatic nitrogens is 1. The number of ether oxygens (including phenoxy) is 1. The Morgan fingerprint density at radius 1 is 1.25 bits per heavy atom. The summed E-state index contributed by atoms with van der Waals surface area (Å²) in [6, 6.07) is 1.51. The van der Waals surface area contributed by atoms with Gasteiger partial charge in [-0.2, -0.15) is 4.31 Å². The van der Waals surface area contributed by atoms with Crippen LogP contribution in [0.2, 0.25) is 0 Å². The molecule has 1 amide bonds. The van der Waals surface area contributed by atoms with Gasteiger partial charge in [0.25, 0.3) is 5.91 Å². The molecule has 1 atom stereocenters. The van der Waals surface area contributed by atoms with E-state index >= 15 is 0 Å². The minimum Gasteiger partial charge on any atom is -0.379 e. The Bertz CT molecular complexity index is 707. The van der Waals surface area contributed by atoms with E-state index in [4.69, 9.17) is 4.74 Å². The van der Waals surface area contributed by atoms with E-state index in [0.717, 1.165) is 25.9 Å². The Kier molecular flexibility index (Phi) is 4.98. The van der Waals surface area contributed by atoms with Crippen LogP contribution >= 0.6 is 0 Å². The Labute approximate surface area is 143 Å². The van der Waals surface area contributed by atoms with E-state index in [-0.39, 0.29) is 10.8 Å². The summed E-state index contributed by atoms with van der Waals surface area (Å²) in [7, 11) is -1.86. The first kappa shape index (κ1) is 17.4. The van der Waals surface area contributed by atoms with Gasteiger partial charge in [0, 0.05) is 39.4 Å². The monoisotopic (exact) mass is 355 g/mol. The van der Waals surface area contributed by atoms with Gasteiger partial charge in [-0.1, -0.05) is 6.92 Å². The predicted molar refractivity (Wildman–Crippen MR) is 89.3 cm³/mol. The number of sulfonamides is 1. The summed E-state index contributed by atoms with van der Waals surface area (Å²) in [6.07, 6.45) is 3.66. The highest BCUT2D eigenvalue weighted by Crippen LogP contribution is 2.22. The van der Waals surface area contributed by atoms with E-state index in [2.05, 4.69) is 6.92 Å². The van der Waals surface area contributed by atoms with Crippen molar-refractivity contribution in [3.8, 4) is 0 Å². The SMILES string of the molecule is CC1CCCN(C(=O)c2cc(S(=O)(=O)N3CCOCC3)cn2C)C1. The summed E-state index contributed by atoms with van der Waals surface area (Å²) >= 11 is 0. The fourth-order valence-corrected chi connectivity index (χ4v) is 4.84. The van der Waals surface area contributed by atoms with Crippen molar-refractivity contribution in [1.29, 1.82) is 0 Å². The molecule has 2 aliphatic rings. The van der Waals surface area contributed by atoms with E-state index < -0.39 is 10.0 Å². The average molecular weight is 355 g/mol. The van der Waals surface area contributed by atoms with Crippen LogP contribution in [0.3, 0.4) is 0 Å².